The van der Waals surface area contributed by atoms with E-state index in [-0.39, 0.29) is 18.4 Å². The molecular weight excluding hydrogens is 339 g/mol. The van der Waals surface area contributed by atoms with E-state index in [1.165, 1.54) is 4.90 Å². The van der Waals surface area contributed by atoms with Crippen LogP contribution in [-0.2, 0) is 4.79 Å². The molecule has 0 aliphatic rings. The zero-order valence-corrected chi connectivity index (χ0v) is 14.5. The summed E-state index contributed by atoms with van der Waals surface area (Å²) in [6, 6.07) is 6.43. The molecule has 1 heterocycles. The normalized spacial score (nSPS) is 10.5. The molecule has 0 spiro atoms. The molecule has 0 saturated carbocycles. The lowest BCUT2D eigenvalue weighted by Crippen LogP contribution is -2.35. The molecule has 0 unspecified atom stereocenters. The van der Waals surface area contributed by atoms with E-state index in [4.69, 9.17) is 27.6 Å². The van der Waals surface area contributed by atoms with Gasteiger partial charge in [-0.2, -0.15) is 0 Å². The van der Waals surface area contributed by atoms with Gasteiger partial charge in [-0.15, -0.1) is 0 Å². The van der Waals surface area contributed by atoms with Crippen molar-refractivity contribution in [2.75, 3.05) is 18.9 Å². The maximum Gasteiger partial charge on any atom is 0.257 e. The Hall–Kier alpha value is -1.98. The minimum Gasteiger partial charge on any atom is -0.466 e. The van der Waals surface area contributed by atoms with Gasteiger partial charge >= 0.3 is 0 Å². The largest absolute Gasteiger partial charge is 0.466 e. The Balaban J connectivity index is 2.00. The summed E-state index contributed by atoms with van der Waals surface area (Å²) < 4.78 is 5.34. The number of benzene rings is 1. The molecule has 2 amide bonds. The fraction of sp³-hybridized carbons (Fsp3) is 0.250. The number of furan rings is 1. The van der Waals surface area contributed by atoms with E-state index in [0.717, 1.165) is 0 Å². The quantitative estimate of drug-likeness (QED) is 0.904. The Labute approximate surface area is 144 Å². The van der Waals surface area contributed by atoms with Crippen LogP contribution in [0.5, 0.6) is 0 Å². The first-order chi connectivity index (χ1) is 10.8. The average molecular weight is 355 g/mol. The van der Waals surface area contributed by atoms with Crippen LogP contribution in [0.25, 0.3) is 0 Å². The lowest BCUT2D eigenvalue weighted by molar-refractivity contribution is -0.116. The molecule has 2 rings (SSSR count). The second kappa shape index (κ2) is 7.06. The highest BCUT2D eigenvalue weighted by Crippen LogP contribution is 2.25. The van der Waals surface area contributed by atoms with Crippen LogP contribution in [0.1, 0.15) is 21.9 Å². The van der Waals surface area contributed by atoms with Crippen LogP contribution in [-0.4, -0.2) is 30.3 Å². The van der Waals surface area contributed by atoms with E-state index in [2.05, 4.69) is 5.32 Å². The van der Waals surface area contributed by atoms with Gasteiger partial charge in [-0.05, 0) is 38.1 Å². The fourth-order valence-electron chi connectivity index (χ4n) is 2.11. The Morgan fingerprint density at radius 3 is 2.43 bits per heavy atom. The van der Waals surface area contributed by atoms with Crippen molar-refractivity contribution in [3.05, 3.63) is 51.4 Å². The van der Waals surface area contributed by atoms with Crippen molar-refractivity contribution in [1.29, 1.82) is 0 Å². The average Bonchev–Trinajstić information content (AvgIpc) is 2.80. The van der Waals surface area contributed by atoms with Crippen molar-refractivity contribution in [3.8, 4) is 0 Å². The topological polar surface area (TPSA) is 62.6 Å². The molecule has 122 valence electrons. The van der Waals surface area contributed by atoms with Crippen LogP contribution in [0.3, 0.4) is 0 Å². The number of carbonyl (C=O) groups is 2. The van der Waals surface area contributed by atoms with Crippen LogP contribution < -0.4 is 5.32 Å². The second-order valence-corrected chi connectivity index (χ2v) is 5.98. The molecule has 5 nitrogen and oxygen atoms in total. The highest BCUT2D eigenvalue weighted by molar-refractivity contribution is 6.42. The Morgan fingerprint density at radius 2 is 1.87 bits per heavy atom. The molecule has 0 atom stereocenters. The summed E-state index contributed by atoms with van der Waals surface area (Å²) in [6.45, 7) is 3.38. The molecule has 0 bridgehead atoms. The van der Waals surface area contributed by atoms with Crippen molar-refractivity contribution in [2.45, 2.75) is 13.8 Å². The van der Waals surface area contributed by atoms with Gasteiger partial charge < -0.3 is 14.6 Å². The third kappa shape index (κ3) is 4.27. The molecule has 0 aliphatic heterocycles. The minimum absolute atomic E-state index is 0.0945. The molecule has 1 aromatic carbocycles. The maximum atomic E-state index is 12.3. The van der Waals surface area contributed by atoms with E-state index in [0.29, 0.717) is 32.8 Å². The number of anilines is 1. The predicted octanol–water partition coefficient (Wildman–Crippen LogP) is 3.91. The van der Waals surface area contributed by atoms with Crippen molar-refractivity contribution in [2.24, 2.45) is 0 Å². The first-order valence-corrected chi connectivity index (χ1v) is 7.61. The summed E-state index contributed by atoms with van der Waals surface area (Å²) in [5.74, 6) is 0.574. The van der Waals surface area contributed by atoms with Gasteiger partial charge in [0, 0.05) is 12.7 Å². The van der Waals surface area contributed by atoms with Gasteiger partial charge in [-0.3, -0.25) is 9.59 Å². The van der Waals surface area contributed by atoms with Crippen molar-refractivity contribution in [3.63, 3.8) is 0 Å². The summed E-state index contributed by atoms with van der Waals surface area (Å²) in [6.07, 6.45) is 0. The molecule has 1 N–H and O–H groups in total. The number of rotatable bonds is 4. The van der Waals surface area contributed by atoms with Crippen LogP contribution in [0.4, 0.5) is 5.69 Å². The summed E-state index contributed by atoms with van der Waals surface area (Å²) in [5, 5.41) is 3.42. The van der Waals surface area contributed by atoms with Crippen molar-refractivity contribution in [1.82, 2.24) is 4.90 Å². The molecular formula is C16H16Cl2N2O3. The predicted molar refractivity (Wildman–Crippen MR) is 90.2 cm³/mol. The molecule has 0 radical (unpaired) electrons. The van der Waals surface area contributed by atoms with Crippen LogP contribution in [0, 0.1) is 13.8 Å². The smallest absolute Gasteiger partial charge is 0.257 e. The molecule has 0 fully saturated rings. The van der Waals surface area contributed by atoms with E-state index in [9.17, 15) is 9.59 Å². The van der Waals surface area contributed by atoms with Gasteiger partial charge in [0.25, 0.3) is 5.91 Å². The number of hydrogen-bond acceptors (Lipinski definition) is 3. The van der Waals surface area contributed by atoms with Crippen LogP contribution >= 0.6 is 23.2 Å². The number of aryl methyl sites for hydroxylation is 2. The number of hydrogen-bond donors (Lipinski definition) is 1. The van der Waals surface area contributed by atoms with Gasteiger partial charge in [0.15, 0.2) is 0 Å². The summed E-state index contributed by atoms with van der Waals surface area (Å²) >= 11 is 11.7. The van der Waals surface area contributed by atoms with Crippen molar-refractivity contribution < 1.29 is 14.0 Å². The van der Waals surface area contributed by atoms with E-state index < -0.39 is 0 Å². The zero-order chi connectivity index (χ0) is 17.1. The van der Waals surface area contributed by atoms with Gasteiger partial charge in [0.2, 0.25) is 5.91 Å². The van der Waals surface area contributed by atoms with E-state index in [1.807, 2.05) is 0 Å². The van der Waals surface area contributed by atoms with Crippen LogP contribution in [0.2, 0.25) is 10.0 Å². The molecule has 2 aromatic rings. The molecule has 0 aliphatic carbocycles. The van der Waals surface area contributed by atoms with E-state index >= 15 is 0 Å². The number of amides is 2. The molecule has 23 heavy (non-hydrogen) atoms. The lowest BCUT2D eigenvalue weighted by Gasteiger charge is -2.16. The lowest BCUT2D eigenvalue weighted by atomic mass is 10.2. The summed E-state index contributed by atoms with van der Waals surface area (Å²) in [7, 11) is 1.55. The van der Waals surface area contributed by atoms with Crippen molar-refractivity contribution >= 4 is 40.7 Å². The monoisotopic (exact) mass is 354 g/mol. The third-order valence-electron chi connectivity index (χ3n) is 3.20. The third-order valence-corrected chi connectivity index (χ3v) is 3.94. The van der Waals surface area contributed by atoms with Gasteiger partial charge in [0.1, 0.15) is 11.5 Å². The minimum atomic E-state index is -0.336. The van der Waals surface area contributed by atoms with E-state index in [1.54, 1.807) is 45.2 Å². The molecule has 1 aromatic heterocycles. The standard InChI is InChI=1S/C16H16Cl2N2O3/c1-9-6-12(10(2)23-9)16(22)20(3)8-15(21)19-11-4-5-13(17)14(18)7-11/h4-7H,8H2,1-3H3,(H,19,21). The number of halogens is 2. The fourth-order valence-corrected chi connectivity index (χ4v) is 2.41. The summed E-state index contributed by atoms with van der Waals surface area (Å²) in [5.41, 5.74) is 0.966. The highest BCUT2D eigenvalue weighted by Gasteiger charge is 2.19. The highest BCUT2D eigenvalue weighted by atomic mass is 35.5. The number of nitrogens with zero attached hydrogens (tertiary/aromatic N) is 1. The first-order valence-electron chi connectivity index (χ1n) is 6.85. The van der Waals surface area contributed by atoms with Gasteiger partial charge in [-0.1, -0.05) is 23.2 Å². The Kier molecular flexibility index (Phi) is 5.34. The number of carbonyl (C=O) groups excluding carboxylic acids is 2. The second-order valence-electron chi connectivity index (χ2n) is 5.17. The first kappa shape index (κ1) is 17.4. The molecule has 7 heteroatoms. The Morgan fingerprint density at radius 1 is 1.17 bits per heavy atom. The van der Waals surface area contributed by atoms with Gasteiger partial charge in [-0.25, -0.2) is 0 Å². The van der Waals surface area contributed by atoms with Gasteiger partial charge in [0.05, 0.1) is 22.2 Å². The Bertz CT molecular complexity index is 756. The summed E-state index contributed by atoms with van der Waals surface area (Å²) in [4.78, 5) is 25.7. The number of likely N-dealkylation sites (N-methyl/N-ethyl adjacent to an activating group) is 1. The van der Waals surface area contributed by atoms with Crippen LogP contribution in [0.15, 0.2) is 28.7 Å². The maximum absolute atomic E-state index is 12.3. The zero-order valence-electron chi connectivity index (χ0n) is 12.9. The number of nitrogens with one attached hydrogen (secondary N) is 1. The molecule has 0 saturated heterocycles. The SMILES string of the molecule is Cc1cc(C(=O)N(C)CC(=O)Nc2ccc(Cl)c(Cl)c2)c(C)o1.